The van der Waals surface area contributed by atoms with Gasteiger partial charge in [0, 0.05) is 23.9 Å². The van der Waals surface area contributed by atoms with Crippen LogP contribution in [0.5, 0.6) is 0 Å². The highest BCUT2D eigenvalue weighted by Gasteiger charge is 2.43. The van der Waals surface area contributed by atoms with Crippen molar-refractivity contribution in [3.05, 3.63) is 142 Å². The lowest BCUT2D eigenvalue weighted by Crippen LogP contribution is -2.51. The lowest BCUT2D eigenvalue weighted by molar-refractivity contribution is -0.0301. The maximum atomic E-state index is 14.0. The van der Waals surface area contributed by atoms with Crippen LogP contribution in [0.1, 0.15) is 84.0 Å². The molecule has 0 saturated carbocycles. The maximum Gasteiger partial charge on any atom is 0.410 e. The summed E-state index contributed by atoms with van der Waals surface area (Å²) in [5.74, 6) is -3.59. The molecule has 8 heterocycles. The minimum atomic E-state index is -0.906. The van der Waals surface area contributed by atoms with Gasteiger partial charge in [0.2, 0.25) is 0 Å². The Hall–Kier alpha value is -4.94. The topological polar surface area (TPSA) is 65.6 Å². The number of carbonyl (C=O) groups is 2. The number of piperidine rings is 6. The number of ether oxygens (including phenoxy) is 2. The highest BCUT2D eigenvalue weighted by molar-refractivity contribution is 5.71. The number of halogens is 4. The van der Waals surface area contributed by atoms with E-state index in [9.17, 15) is 27.2 Å². The fourth-order valence-electron chi connectivity index (χ4n) is 10.4. The van der Waals surface area contributed by atoms with Crippen molar-refractivity contribution in [3.63, 3.8) is 0 Å². The van der Waals surface area contributed by atoms with Crippen molar-refractivity contribution in [2.75, 3.05) is 65.6 Å². The van der Waals surface area contributed by atoms with Crippen molar-refractivity contribution >= 4 is 12.2 Å². The van der Waals surface area contributed by atoms with E-state index < -0.39 is 35.4 Å². The van der Waals surface area contributed by atoms with Crippen LogP contribution in [0.25, 0.3) is 0 Å². The van der Waals surface area contributed by atoms with Crippen LogP contribution in [-0.4, -0.2) is 97.4 Å². The Morgan fingerprint density at radius 1 is 0.500 bits per heavy atom. The predicted molar refractivity (Wildman–Crippen MR) is 218 cm³/mol. The summed E-state index contributed by atoms with van der Waals surface area (Å²) < 4.78 is 66.8. The van der Waals surface area contributed by atoms with E-state index in [1.54, 1.807) is 21.9 Å². The van der Waals surface area contributed by atoms with Crippen LogP contribution in [0.3, 0.4) is 0 Å². The molecule has 6 saturated heterocycles. The Labute approximate surface area is 349 Å². The molecule has 12 heteroatoms. The summed E-state index contributed by atoms with van der Waals surface area (Å²) in [7, 11) is 0. The van der Waals surface area contributed by atoms with Gasteiger partial charge in [-0.15, -0.1) is 0 Å². The molecule has 12 rings (SSSR count). The van der Waals surface area contributed by atoms with Crippen molar-refractivity contribution in [3.8, 4) is 0 Å². The number of fused-ring (bicyclic) bond motifs is 8. The molecule has 60 heavy (non-hydrogen) atoms. The number of nitrogens with zero attached hydrogens (tertiary/aromatic N) is 4. The van der Waals surface area contributed by atoms with E-state index in [-0.39, 0.29) is 23.0 Å². The molecule has 0 unspecified atom stereocenters. The monoisotopic (exact) mass is 824 g/mol. The molecule has 0 spiro atoms. The number of hydrogen-bond acceptors (Lipinski definition) is 6. The molecule has 8 aliphatic rings. The minimum Gasteiger partial charge on any atom is -0.449 e. The summed E-state index contributed by atoms with van der Waals surface area (Å²) in [4.78, 5) is 34.6. The van der Waals surface area contributed by atoms with Crippen molar-refractivity contribution in [2.24, 2.45) is 10.8 Å². The summed E-state index contributed by atoms with van der Waals surface area (Å²) in [6.07, 6.45) is 7.07. The first kappa shape index (κ1) is 40.5. The van der Waals surface area contributed by atoms with Crippen LogP contribution >= 0.6 is 0 Å². The molecule has 8 nitrogen and oxygen atoms in total. The third-order valence-electron chi connectivity index (χ3n) is 14.3. The Balaban J connectivity index is 0.000000154. The van der Waals surface area contributed by atoms with Gasteiger partial charge in [-0.1, -0.05) is 60.7 Å². The molecule has 2 amide bonds. The van der Waals surface area contributed by atoms with Crippen molar-refractivity contribution in [2.45, 2.75) is 63.5 Å². The molecule has 4 aromatic rings. The van der Waals surface area contributed by atoms with Gasteiger partial charge in [-0.05, 0) is 148 Å². The van der Waals surface area contributed by atoms with Gasteiger partial charge in [0.15, 0.2) is 23.3 Å². The van der Waals surface area contributed by atoms with E-state index >= 15 is 0 Å². The van der Waals surface area contributed by atoms with Gasteiger partial charge < -0.3 is 19.3 Å². The standard InChI is InChI=1S/2C24H26F2N2O2/c2*25-20-6-5-18(15-21(20)26)22-19-4-2-1-3-17(19)7-11-28(22)23(29)30-16-24-8-12-27(13-9-24)14-10-24/h2*1-6,15,22H,7-14,16H2/t2*22-/m10/s1. The highest BCUT2D eigenvalue weighted by atomic mass is 19.2. The summed E-state index contributed by atoms with van der Waals surface area (Å²) >= 11 is 0. The Kier molecular flexibility index (Phi) is 11.4. The normalized spacial score (nSPS) is 27.6. The molecule has 8 aliphatic heterocycles. The smallest absolute Gasteiger partial charge is 0.410 e. The predicted octanol–water partition coefficient (Wildman–Crippen LogP) is 9.07. The Bertz CT molecular complexity index is 2040. The average Bonchev–Trinajstić information content (AvgIpc) is 3.30. The largest absolute Gasteiger partial charge is 0.449 e. The molecule has 0 radical (unpaired) electrons. The molecular formula is C48H52F4N4O4. The van der Waals surface area contributed by atoms with Crippen LogP contribution in [0.4, 0.5) is 27.2 Å². The summed E-state index contributed by atoms with van der Waals surface area (Å²) in [5, 5.41) is 0. The molecule has 316 valence electrons. The Morgan fingerprint density at radius 3 is 1.23 bits per heavy atom. The van der Waals surface area contributed by atoms with Gasteiger partial charge in [0.25, 0.3) is 0 Å². The number of rotatable bonds is 6. The maximum absolute atomic E-state index is 14.0. The average molecular weight is 825 g/mol. The lowest BCUT2D eigenvalue weighted by atomic mass is 9.73. The van der Waals surface area contributed by atoms with E-state index in [1.165, 1.54) is 12.1 Å². The molecule has 4 aromatic carbocycles. The number of carbonyl (C=O) groups excluding carboxylic acids is 2. The first-order valence-corrected chi connectivity index (χ1v) is 21.5. The number of hydrogen-bond donors (Lipinski definition) is 0. The quantitative estimate of drug-likeness (QED) is 0.181. The first-order valence-electron chi connectivity index (χ1n) is 21.5. The van der Waals surface area contributed by atoms with Gasteiger partial charge in [-0.25, -0.2) is 27.2 Å². The second-order valence-corrected chi connectivity index (χ2v) is 17.7. The zero-order chi connectivity index (χ0) is 41.4. The van der Waals surface area contributed by atoms with Crippen LogP contribution < -0.4 is 0 Å². The SMILES string of the molecule is O=C(OCC12CCN(CC1)CC2)N1CCc2ccccc2[C@@H]1c1ccc(F)c(F)c1.O=C(OCC12CCN(CC1)CC2)N1CCc2ccccc2[C@H]1c1ccc(F)c(F)c1. The van der Waals surface area contributed by atoms with Gasteiger partial charge >= 0.3 is 12.2 Å². The highest BCUT2D eigenvalue weighted by Crippen LogP contribution is 2.43. The second-order valence-electron chi connectivity index (χ2n) is 17.7. The molecule has 0 aromatic heterocycles. The van der Waals surface area contributed by atoms with E-state index in [1.807, 2.05) is 48.5 Å². The third kappa shape index (κ3) is 8.12. The lowest BCUT2D eigenvalue weighted by Gasteiger charge is -2.48. The van der Waals surface area contributed by atoms with Crippen molar-refractivity contribution < 1.29 is 36.6 Å². The Morgan fingerprint density at radius 2 is 0.867 bits per heavy atom. The van der Waals surface area contributed by atoms with Crippen LogP contribution in [-0.2, 0) is 22.3 Å². The van der Waals surface area contributed by atoms with Crippen molar-refractivity contribution in [1.29, 1.82) is 0 Å². The van der Waals surface area contributed by atoms with Crippen molar-refractivity contribution in [1.82, 2.24) is 19.6 Å². The molecule has 4 bridgehead atoms. The summed E-state index contributed by atoms with van der Waals surface area (Å²) in [6, 6.07) is 22.5. The second kappa shape index (κ2) is 16.8. The van der Waals surface area contributed by atoms with E-state index in [2.05, 4.69) is 9.80 Å². The van der Waals surface area contributed by atoms with Crippen LogP contribution in [0.15, 0.2) is 84.9 Å². The number of amides is 2. The van der Waals surface area contributed by atoms with E-state index in [0.717, 1.165) is 112 Å². The molecule has 2 atom stereocenters. The van der Waals surface area contributed by atoms with Gasteiger partial charge in [-0.2, -0.15) is 0 Å². The van der Waals surface area contributed by atoms with Crippen LogP contribution in [0, 0.1) is 34.1 Å². The zero-order valence-corrected chi connectivity index (χ0v) is 33.9. The van der Waals surface area contributed by atoms with E-state index in [4.69, 9.17) is 9.47 Å². The minimum absolute atomic E-state index is 0.0928. The third-order valence-corrected chi connectivity index (χ3v) is 14.3. The fourth-order valence-corrected chi connectivity index (χ4v) is 10.4. The molecular weight excluding hydrogens is 773 g/mol. The fraction of sp³-hybridized carbons (Fsp3) is 0.458. The molecule has 0 N–H and O–H groups in total. The molecule has 6 fully saturated rings. The van der Waals surface area contributed by atoms with Crippen LogP contribution in [0.2, 0.25) is 0 Å². The van der Waals surface area contributed by atoms with Gasteiger partial charge in [-0.3, -0.25) is 9.80 Å². The van der Waals surface area contributed by atoms with Gasteiger partial charge in [0.1, 0.15) is 0 Å². The zero-order valence-electron chi connectivity index (χ0n) is 33.9. The summed E-state index contributed by atoms with van der Waals surface area (Å²) in [5.41, 5.74) is 5.42. The van der Waals surface area contributed by atoms with Gasteiger partial charge in [0.05, 0.1) is 25.3 Å². The molecule has 0 aliphatic carbocycles. The van der Waals surface area contributed by atoms with E-state index in [0.29, 0.717) is 50.3 Å². The number of benzene rings is 4. The first-order chi connectivity index (χ1) is 29.1. The summed E-state index contributed by atoms with van der Waals surface area (Å²) in [6.45, 7) is 8.29.